The molecular formula is C25H32N2. The van der Waals surface area contributed by atoms with E-state index in [0.29, 0.717) is 0 Å². The van der Waals surface area contributed by atoms with Crippen LogP contribution in [0.5, 0.6) is 0 Å². The number of likely N-dealkylation sites (tertiary alicyclic amines) is 1. The molecule has 0 radical (unpaired) electrons. The largest absolute Gasteiger partial charge is 0.358 e. The second-order valence-corrected chi connectivity index (χ2v) is 8.26. The van der Waals surface area contributed by atoms with E-state index in [1.165, 1.54) is 85.0 Å². The van der Waals surface area contributed by atoms with Gasteiger partial charge in [-0.3, -0.25) is 0 Å². The van der Waals surface area contributed by atoms with E-state index < -0.39 is 0 Å². The van der Waals surface area contributed by atoms with Crippen molar-refractivity contribution in [2.75, 3.05) is 19.6 Å². The second-order valence-electron chi connectivity index (χ2n) is 8.26. The number of nitrogens with zero attached hydrogens (tertiary/aromatic N) is 1. The van der Waals surface area contributed by atoms with Crippen molar-refractivity contribution in [3.05, 3.63) is 70.9 Å². The van der Waals surface area contributed by atoms with Gasteiger partial charge >= 0.3 is 0 Å². The Morgan fingerprint density at radius 2 is 1.74 bits per heavy atom. The van der Waals surface area contributed by atoms with Crippen molar-refractivity contribution in [3.8, 4) is 0 Å². The number of H-pyrrole nitrogens is 1. The molecule has 2 heterocycles. The van der Waals surface area contributed by atoms with Gasteiger partial charge in [-0.2, -0.15) is 0 Å². The van der Waals surface area contributed by atoms with Gasteiger partial charge in [-0.1, -0.05) is 42.0 Å². The molecule has 2 heteroatoms. The molecule has 0 bridgehead atoms. The summed E-state index contributed by atoms with van der Waals surface area (Å²) in [7, 11) is 0. The molecule has 0 aliphatic carbocycles. The second kappa shape index (κ2) is 8.31. The first-order valence-electron chi connectivity index (χ1n) is 10.6. The molecule has 0 unspecified atom stereocenters. The third-order valence-electron chi connectivity index (χ3n) is 6.28. The zero-order chi connectivity index (χ0) is 18.6. The van der Waals surface area contributed by atoms with Gasteiger partial charge in [-0.15, -0.1) is 0 Å². The predicted octanol–water partition coefficient (Wildman–Crippen LogP) is 5.99. The highest BCUT2D eigenvalue weighted by Crippen LogP contribution is 2.28. The number of hydrogen-bond donors (Lipinski definition) is 1. The summed E-state index contributed by atoms with van der Waals surface area (Å²) in [5.41, 5.74) is 7.04. The Morgan fingerprint density at radius 3 is 2.52 bits per heavy atom. The average Bonchev–Trinajstić information content (AvgIpc) is 3.01. The lowest BCUT2D eigenvalue weighted by Crippen LogP contribution is -2.33. The van der Waals surface area contributed by atoms with Crippen LogP contribution in [0.3, 0.4) is 0 Å². The summed E-state index contributed by atoms with van der Waals surface area (Å²) in [6.07, 6.45) is 6.39. The number of unbranched alkanes of at least 4 members (excludes halogenated alkanes) is 1. The number of piperidine rings is 1. The number of nitrogens with one attached hydrogen (secondary N) is 1. The first-order chi connectivity index (χ1) is 13.2. The maximum Gasteiger partial charge on any atom is 0.0459 e. The maximum absolute atomic E-state index is 3.55. The lowest BCUT2D eigenvalue weighted by molar-refractivity contribution is 0.209. The van der Waals surface area contributed by atoms with Crippen LogP contribution in [0.1, 0.15) is 54.0 Å². The number of fused-ring (bicyclic) bond motifs is 1. The zero-order valence-corrected chi connectivity index (χ0v) is 16.8. The van der Waals surface area contributed by atoms with E-state index in [1.807, 2.05) is 0 Å². The maximum atomic E-state index is 3.55. The van der Waals surface area contributed by atoms with Gasteiger partial charge in [0.1, 0.15) is 0 Å². The van der Waals surface area contributed by atoms with Crippen LogP contribution < -0.4 is 0 Å². The van der Waals surface area contributed by atoms with Crippen molar-refractivity contribution in [2.45, 2.75) is 51.9 Å². The Morgan fingerprint density at radius 1 is 0.963 bits per heavy atom. The molecule has 27 heavy (non-hydrogen) atoms. The van der Waals surface area contributed by atoms with Gasteiger partial charge < -0.3 is 9.88 Å². The summed E-state index contributed by atoms with van der Waals surface area (Å²) in [5.74, 6) is 0.763. The van der Waals surface area contributed by atoms with Crippen LogP contribution in [0.2, 0.25) is 0 Å². The molecule has 1 N–H and O–H groups in total. The molecule has 1 aliphatic heterocycles. The van der Waals surface area contributed by atoms with Gasteiger partial charge in [0.25, 0.3) is 0 Å². The highest BCUT2D eigenvalue weighted by Gasteiger charge is 2.20. The highest BCUT2D eigenvalue weighted by atomic mass is 15.1. The number of aromatic nitrogens is 1. The lowest BCUT2D eigenvalue weighted by atomic mass is 9.89. The fraction of sp³-hybridized carbons (Fsp3) is 0.440. The van der Waals surface area contributed by atoms with Gasteiger partial charge in [-0.05, 0) is 94.8 Å². The van der Waals surface area contributed by atoms with E-state index in [1.54, 1.807) is 0 Å². The van der Waals surface area contributed by atoms with E-state index in [2.05, 4.69) is 72.3 Å². The van der Waals surface area contributed by atoms with Gasteiger partial charge in [0.2, 0.25) is 0 Å². The third kappa shape index (κ3) is 4.27. The number of benzene rings is 2. The topological polar surface area (TPSA) is 19.0 Å². The van der Waals surface area contributed by atoms with Crippen LogP contribution in [0.15, 0.2) is 48.5 Å². The van der Waals surface area contributed by atoms with Crippen LogP contribution >= 0.6 is 0 Å². The number of aryl methyl sites for hydroxylation is 3. The minimum absolute atomic E-state index is 0.763. The molecule has 2 nitrogen and oxygen atoms in total. The summed E-state index contributed by atoms with van der Waals surface area (Å²) in [6.45, 7) is 8.17. The Kier molecular flexibility index (Phi) is 5.63. The number of rotatable bonds is 6. The van der Waals surface area contributed by atoms with E-state index in [-0.39, 0.29) is 0 Å². The normalized spacial score (nSPS) is 16.2. The molecule has 1 fully saturated rings. The monoisotopic (exact) mass is 360 g/mol. The summed E-state index contributed by atoms with van der Waals surface area (Å²) in [5, 5.41) is 1.43. The summed E-state index contributed by atoms with van der Waals surface area (Å²) in [6, 6.07) is 17.8. The van der Waals surface area contributed by atoms with Gasteiger partial charge in [-0.25, -0.2) is 0 Å². The average molecular weight is 361 g/mol. The third-order valence-corrected chi connectivity index (χ3v) is 6.28. The number of aromatic amines is 1. The molecule has 3 aromatic rings. The fourth-order valence-corrected chi connectivity index (χ4v) is 4.67. The van der Waals surface area contributed by atoms with Crippen LogP contribution in [0.25, 0.3) is 10.9 Å². The Bertz CT molecular complexity index is 870. The van der Waals surface area contributed by atoms with Crippen molar-refractivity contribution in [1.29, 1.82) is 0 Å². The minimum Gasteiger partial charge on any atom is -0.358 e. The molecule has 142 valence electrons. The molecule has 0 saturated carbocycles. The van der Waals surface area contributed by atoms with Crippen LogP contribution in [-0.2, 0) is 6.42 Å². The Labute approximate surface area is 163 Å². The van der Waals surface area contributed by atoms with Crippen molar-refractivity contribution >= 4 is 10.9 Å². The quantitative estimate of drug-likeness (QED) is 0.535. The Hall–Kier alpha value is -2.06. The Balaban J connectivity index is 1.25. The van der Waals surface area contributed by atoms with E-state index in [4.69, 9.17) is 0 Å². The van der Waals surface area contributed by atoms with E-state index >= 15 is 0 Å². The molecule has 4 rings (SSSR count). The molecule has 1 saturated heterocycles. The smallest absolute Gasteiger partial charge is 0.0459 e. The van der Waals surface area contributed by atoms with Gasteiger partial charge in [0, 0.05) is 16.6 Å². The molecule has 1 aliphatic rings. The highest BCUT2D eigenvalue weighted by molar-refractivity contribution is 5.85. The number of hydrogen-bond acceptors (Lipinski definition) is 1. The van der Waals surface area contributed by atoms with E-state index in [9.17, 15) is 0 Å². The van der Waals surface area contributed by atoms with Gasteiger partial charge in [0.05, 0.1) is 0 Å². The van der Waals surface area contributed by atoms with Crippen molar-refractivity contribution in [3.63, 3.8) is 0 Å². The van der Waals surface area contributed by atoms with E-state index in [0.717, 1.165) is 5.92 Å². The van der Waals surface area contributed by atoms with Crippen molar-refractivity contribution in [2.24, 2.45) is 0 Å². The summed E-state index contributed by atoms with van der Waals surface area (Å²) < 4.78 is 0. The molecule has 0 spiro atoms. The van der Waals surface area contributed by atoms with Crippen molar-refractivity contribution < 1.29 is 0 Å². The molecule has 0 amide bonds. The summed E-state index contributed by atoms with van der Waals surface area (Å²) >= 11 is 0. The standard InChI is InChI=1S/C25H32N2/c1-19-11-12-25-24(18-19)23(20(2)26-25)10-6-7-15-27-16-13-22(14-17-27)21-8-4-3-5-9-21/h3-5,8-9,11-12,18,22,26H,6-7,10,13-17H2,1-2H3. The molecular weight excluding hydrogens is 328 g/mol. The minimum atomic E-state index is 0.763. The summed E-state index contributed by atoms with van der Waals surface area (Å²) in [4.78, 5) is 6.23. The first kappa shape index (κ1) is 18.3. The molecule has 0 atom stereocenters. The van der Waals surface area contributed by atoms with Crippen LogP contribution in [-0.4, -0.2) is 29.5 Å². The lowest BCUT2D eigenvalue weighted by Gasteiger charge is -2.32. The van der Waals surface area contributed by atoms with Crippen LogP contribution in [0.4, 0.5) is 0 Å². The van der Waals surface area contributed by atoms with Crippen LogP contribution in [0, 0.1) is 13.8 Å². The predicted molar refractivity (Wildman–Crippen MR) is 116 cm³/mol. The zero-order valence-electron chi connectivity index (χ0n) is 16.8. The van der Waals surface area contributed by atoms with Crippen molar-refractivity contribution in [1.82, 2.24) is 9.88 Å². The molecule has 2 aromatic carbocycles. The fourth-order valence-electron chi connectivity index (χ4n) is 4.67. The van der Waals surface area contributed by atoms with Gasteiger partial charge in [0.15, 0.2) is 0 Å². The SMILES string of the molecule is Cc1ccc2[nH]c(C)c(CCCCN3CCC(c4ccccc4)CC3)c2c1. The molecule has 1 aromatic heterocycles. The first-order valence-corrected chi connectivity index (χ1v) is 10.6.